The molecule has 1 aromatic heterocycles. The largest absolute Gasteiger partial charge is 0.488 e. The summed E-state index contributed by atoms with van der Waals surface area (Å²) in [6.07, 6.45) is 0. The van der Waals surface area contributed by atoms with Crippen molar-refractivity contribution < 1.29 is 9.16 Å². The molecule has 0 fully saturated rings. The van der Waals surface area contributed by atoms with Crippen LogP contribution in [0.4, 0.5) is 0 Å². The quantitative estimate of drug-likeness (QED) is 0.274. The predicted molar refractivity (Wildman–Crippen MR) is 93.3 cm³/mol. The molecule has 0 N–H and O–H groups in total. The van der Waals surface area contributed by atoms with Crippen LogP contribution in [0.15, 0.2) is 16.7 Å². The van der Waals surface area contributed by atoms with Crippen LogP contribution in [0.5, 0.6) is 5.75 Å². The van der Waals surface area contributed by atoms with E-state index in [9.17, 15) is 0 Å². The zero-order valence-corrected chi connectivity index (χ0v) is 16.8. The fourth-order valence-electron chi connectivity index (χ4n) is 1.17. The summed E-state index contributed by atoms with van der Waals surface area (Å²) < 4.78 is 13.4. The van der Waals surface area contributed by atoms with E-state index in [0.717, 1.165) is 14.1 Å². The molecule has 1 heterocycles. The number of ether oxygens (including phenoxy) is 1. The third-order valence-electron chi connectivity index (χ3n) is 3.39. The average molecular weight is 458 g/mol. The van der Waals surface area contributed by atoms with Gasteiger partial charge in [0, 0.05) is 0 Å². The monoisotopic (exact) mass is 457 g/mol. The van der Waals surface area contributed by atoms with Crippen molar-refractivity contribution in [3.8, 4) is 5.75 Å². The molecule has 0 saturated heterocycles. The van der Waals surface area contributed by atoms with Crippen molar-refractivity contribution in [1.29, 1.82) is 0 Å². The van der Waals surface area contributed by atoms with Crippen LogP contribution < -0.4 is 4.74 Å². The van der Waals surface area contributed by atoms with Gasteiger partial charge < -0.3 is 9.16 Å². The number of hydrogen-bond acceptors (Lipinski definition) is 3. The first-order valence-corrected chi connectivity index (χ1v) is 11.0. The van der Waals surface area contributed by atoms with E-state index in [0.29, 0.717) is 13.2 Å². The molecule has 19 heavy (non-hydrogen) atoms. The number of nitrogens with zero attached hydrogens (tertiary/aromatic N) is 1. The van der Waals surface area contributed by atoms with Gasteiger partial charge in [-0.05, 0) is 68.8 Å². The molecule has 0 radical (unpaired) electrons. The predicted octanol–water partition coefficient (Wildman–Crippen LogP) is 4.85. The van der Waals surface area contributed by atoms with E-state index in [1.165, 1.54) is 0 Å². The number of pyridine rings is 1. The van der Waals surface area contributed by atoms with Crippen LogP contribution in [-0.2, 0) is 4.43 Å². The highest BCUT2D eigenvalue weighted by atomic mass is 127. The Morgan fingerprint density at radius 1 is 1.26 bits per heavy atom. The van der Waals surface area contributed by atoms with Gasteiger partial charge in [0.2, 0.25) is 0 Å². The summed E-state index contributed by atoms with van der Waals surface area (Å²) in [5, 5.41) is 0.234. The van der Waals surface area contributed by atoms with Crippen molar-refractivity contribution in [3.05, 3.63) is 20.4 Å². The van der Waals surface area contributed by atoms with Crippen molar-refractivity contribution >= 4 is 46.8 Å². The van der Waals surface area contributed by atoms with Gasteiger partial charge in [-0.1, -0.05) is 20.8 Å². The van der Waals surface area contributed by atoms with E-state index in [-0.39, 0.29) is 5.04 Å². The van der Waals surface area contributed by atoms with Crippen LogP contribution >= 0.6 is 38.5 Å². The molecular formula is C13H21BrINO2Si. The van der Waals surface area contributed by atoms with Crippen molar-refractivity contribution in [3.63, 3.8) is 0 Å². The van der Waals surface area contributed by atoms with Crippen molar-refractivity contribution in [1.82, 2.24) is 4.98 Å². The minimum Gasteiger partial charge on any atom is -0.488 e. The van der Waals surface area contributed by atoms with E-state index in [4.69, 9.17) is 9.16 Å². The average Bonchev–Trinajstić information content (AvgIpc) is 2.25. The van der Waals surface area contributed by atoms with Crippen LogP contribution in [0.1, 0.15) is 20.8 Å². The summed E-state index contributed by atoms with van der Waals surface area (Å²) in [7, 11) is -1.67. The van der Waals surface area contributed by atoms with Gasteiger partial charge in [-0.15, -0.1) is 0 Å². The molecule has 0 aliphatic heterocycles. The fourth-order valence-corrected chi connectivity index (χ4v) is 3.39. The lowest BCUT2D eigenvalue weighted by Crippen LogP contribution is -2.41. The number of aromatic nitrogens is 1. The molecule has 0 amide bonds. The smallest absolute Gasteiger partial charge is 0.192 e. The van der Waals surface area contributed by atoms with E-state index < -0.39 is 8.32 Å². The van der Waals surface area contributed by atoms with Gasteiger partial charge in [-0.3, -0.25) is 0 Å². The molecule has 0 atom stereocenters. The summed E-state index contributed by atoms with van der Waals surface area (Å²) in [6.45, 7) is 12.4. The van der Waals surface area contributed by atoms with E-state index in [1.807, 2.05) is 12.1 Å². The minimum atomic E-state index is -1.67. The number of halogens is 2. The lowest BCUT2D eigenvalue weighted by atomic mass is 10.2. The van der Waals surface area contributed by atoms with Crippen LogP contribution in [0.25, 0.3) is 0 Å². The van der Waals surface area contributed by atoms with Crippen LogP contribution in [0.2, 0.25) is 18.1 Å². The highest BCUT2D eigenvalue weighted by Crippen LogP contribution is 2.36. The standard InChI is InChI=1S/C13H21BrINO2Si/c1-13(2,3)19(4,5)18-9-8-17-10-6-7-11(15)16-12(10)14/h6-7H,8-9H2,1-5H3. The normalized spacial score (nSPS) is 12.6. The Labute approximate surface area is 138 Å². The molecule has 0 unspecified atom stereocenters. The molecule has 108 valence electrons. The maximum absolute atomic E-state index is 6.06. The highest BCUT2D eigenvalue weighted by molar-refractivity contribution is 14.1. The summed E-state index contributed by atoms with van der Waals surface area (Å²) in [4.78, 5) is 4.29. The Bertz CT molecular complexity index is 435. The van der Waals surface area contributed by atoms with Gasteiger partial charge in [0.1, 0.15) is 14.9 Å². The topological polar surface area (TPSA) is 31.4 Å². The lowest BCUT2D eigenvalue weighted by Gasteiger charge is -2.36. The zero-order valence-electron chi connectivity index (χ0n) is 12.1. The van der Waals surface area contributed by atoms with E-state index in [1.54, 1.807) is 0 Å². The van der Waals surface area contributed by atoms with Crippen LogP contribution in [0.3, 0.4) is 0 Å². The van der Waals surface area contributed by atoms with Gasteiger partial charge in [-0.25, -0.2) is 4.98 Å². The number of rotatable bonds is 5. The third kappa shape index (κ3) is 5.32. The second kappa shape index (κ2) is 6.86. The van der Waals surface area contributed by atoms with Crippen LogP contribution in [0, 0.1) is 3.70 Å². The van der Waals surface area contributed by atoms with Gasteiger partial charge >= 0.3 is 0 Å². The first kappa shape index (κ1) is 17.4. The Hall–Kier alpha value is 0.337. The Kier molecular flexibility index (Phi) is 6.28. The summed E-state index contributed by atoms with van der Waals surface area (Å²) >= 11 is 5.57. The molecule has 1 rings (SSSR count). The van der Waals surface area contributed by atoms with E-state index in [2.05, 4.69) is 77.4 Å². The molecular weight excluding hydrogens is 437 g/mol. The fraction of sp³-hybridized carbons (Fsp3) is 0.615. The molecule has 0 aliphatic rings. The lowest BCUT2D eigenvalue weighted by molar-refractivity contribution is 0.202. The first-order chi connectivity index (χ1) is 8.63. The van der Waals surface area contributed by atoms with Crippen LogP contribution in [-0.4, -0.2) is 26.5 Å². The summed E-state index contributed by atoms with van der Waals surface area (Å²) in [5.41, 5.74) is 0. The summed E-state index contributed by atoms with van der Waals surface area (Å²) in [6, 6.07) is 3.85. The molecule has 0 aliphatic carbocycles. The van der Waals surface area contributed by atoms with Crippen molar-refractivity contribution in [2.45, 2.75) is 38.9 Å². The summed E-state index contributed by atoms with van der Waals surface area (Å²) in [5.74, 6) is 0.763. The maximum Gasteiger partial charge on any atom is 0.192 e. The second-order valence-electron chi connectivity index (χ2n) is 5.88. The Balaban J connectivity index is 2.43. The Morgan fingerprint density at radius 3 is 2.42 bits per heavy atom. The van der Waals surface area contributed by atoms with Gasteiger partial charge in [0.15, 0.2) is 14.1 Å². The molecule has 1 aromatic rings. The van der Waals surface area contributed by atoms with Crippen molar-refractivity contribution in [2.75, 3.05) is 13.2 Å². The molecule has 6 heteroatoms. The highest BCUT2D eigenvalue weighted by Gasteiger charge is 2.36. The first-order valence-electron chi connectivity index (χ1n) is 6.22. The Morgan fingerprint density at radius 2 is 1.89 bits per heavy atom. The van der Waals surface area contributed by atoms with Gasteiger partial charge in [0.05, 0.1) is 6.61 Å². The second-order valence-corrected chi connectivity index (χ2v) is 12.5. The van der Waals surface area contributed by atoms with E-state index >= 15 is 0 Å². The molecule has 0 bridgehead atoms. The SMILES string of the molecule is CC(C)(C)[Si](C)(C)OCCOc1ccc(I)nc1Br. The zero-order chi connectivity index (χ0) is 14.7. The molecule has 0 spiro atoms. The molecule has 3 nitrogen and oxygen atoms in total. The van der Waals surface area contributed by atoms with Gasteiger partial charge in [-0.2, -0.15) is 0 Å². The van der Waals surface area contributed by atoms with Gasteiger partial charge in [0.25, 0.3) is 0 Å². The number of hydrogen-bond donors (Lipinski definition) is 0. The molecule has 0 saturated carbocycles. The van der Waals surface area contributed by atoms with Crippen molar-refractivity contribution in [2.24, 2.45) is 0 Å². The molecule has 0 aromatic carbocycles. The minimum absolute atomic E-state index is 0.234. The third-order valence-corrected chi connectivity index (χ3v) is 9.10. The maximum atomic E-state index is 6.06.